The minimum Gasteiger partial charge on any atom is -0.488 e. The van der Waals surface area contributed by atoms with Crippen molar-refractivity contribution < 1.29 is 34.6 Å². The van der Waals surface area contributed by atoms with Crippen molar-refractivity contribution in [3.05, 3.63) is 77.0 Å². The Labute approximate surface area is 199 Å². The molecule has 2 aromatic rings. The smallest absolute Gasteiger partial charge is 0.124 e. The predicted octanol–water partition coefficient (Wildman–Crippen LogP) is 1.76. The second-order valence-electron chi connectivity index (χ2n) is 8.91. The Morgan fingerprint density at radius 2 is 1.94 bits per heavy atom. The van der Waals surface area contributed by atoms with E-state index in [1.165, 1.54) is 0 Å². The van der Waals surface area contributed by atoms with Gasteiger partial charge in [-0.05, 0) is 47.7 Å². The number of aryl methyl sites for hydroxylation is 1. The number of benzene rings is 2. The summed E-state index contributed by atoms with van der Waals surface area (Å²) in [6.07, 6.45) is -4.24. The van der Waals surface area contributed by atoms with Gasteiger partial charge in [-0.2, -0.15) is 0 Å². The molecule has 0 saturated carbocycles. The molecule has 0 amide bonds. The van der Waals surface area contributed by atoms with Gasteiger partial charge < -0.3 is 34.6 Å². The molecule has 182 valence electrons. The van der Waals surface area contributed by atoms with Gasteiger partial charge in [-0.3, -0.25) is 0 Å². The molecule has 2 heterocycles. The quantitative estimate of drug-likeness (QED) is 0.437. The lowest BCUT2D eigenvalue weighted by molar-refractivity contribution is -0.0741. The lowest BCUT2D eigenvalue weighted by Gasteiger charge is -2.20. The highest BCUT2D eigenvalue weighted by Gasteiger charge is 2.47. The van der Waals surface area contributed by atoms with E-state index < -0.39 is 37.1 Å². The van der Waals surface area contributed by atoms with Crippen LogP contribution in [0.2, 0.25) is 0 Å². The maximum atomic E-state index is 10.5. The van der Waals surface area contributed by atoms with Crippen LogP contribution in [0.5, 0.6) is 5.75 Å². The third-order valence-electron chi connectivity index (χ3n) is 6.51. The molecule has 0 radical (unpaired) electrons. The first kappa shape index (κ1) is 24.6. The van der Waals surface area contributed by atoms with Crippen LogP contribution in [-0.4, -0.2) is 76.9 Å². The van der Waals surface area contributed by atoms with Crippen molar-refractivity contribution in [3.8, 4) is 5.75 Å². The minimum atomic E-state index is -1.34. The third-order valence-corrected chi connectivity index (χ3v) is 6.51. The van der Waals surface area contributed by atoms with E-state index in [-0.39, 0.29) is 6.10 Å². The minimum absolute atomic E-state index is 0.110. The Balaban J connectivity index is 1.50. The predicted molar refractivity (Wildman–Crippen MR) is 127 cm³/mol. The van der Waals surface area contributed by atoms with E-state index in [0.29, 0.717) is 18.6 Å². The van der Waals surface area contributed by atoms with Crippen LogP contribution in [0.25, 0.3) is 5.57 Å². The van der Waals surface area contributed by atoms with Gasteiger partial charge in [0.2, 0.25) is 0 Å². The van der Waals surface area contributed by atoms with E-state index in [1.54, 1.807) is 0 Å². The summed E-state index contributed by atoms with van der Waals surface area (Å²) >= 11 is 0. The van der Waals surface area contributed by atoms with Gasteiger partial charge in [0.05, 0.1) is 19.8 Å². The van der Waals surface area contributed by atoms with Crippen LogP contribution in [0.4, 0.5) is 0 Å². The van der Waals surface area contributed by atoms with Crippen LogP contribution in [0.3, 0.4) is 0 Å². The molecule has 7 heteroatoms. The molecule has 0 bridgehead atoms. The number of rotatable bonds is 8. The van der Waals surface area contributed by atoms with Gasteiger partial charge in [0.15, 0.2) is 0 Å². The molecule has 4 N–H and O–H groups in total. The molecule has 6 atom stereocenters. The summed E-state index contributed by atoms with van der Waals surface area (Å²) in [6, 6.07) is 13.9. The highest BCUT2D eigenvalue weighted by Crippen LogP contribution is 2.33. The zero-order valence-corrected chi connectivity index (χ0v) is 19.3. The van der Waals surface area contributed by atoms with Crippen LogP contribution in [-0.2, 0) is 15.9 Å². The van der Waals surface area contributed by atoms with Crippen molar-refractivity contribution in [1.82, 2.24) is 0 Å². The van der Waals surface area contributed by atoms with E-state index in [4.69, 9.17) is 14.2 Å². The van der Waals surface area contributed by atoms with Crippen LogP contribution in [0.1, 0.15) is 28.7 Å². The summed E-state index contributed by atoms with van der Waals surface area (Å²) < 4.78 is 17.0. The van der Waals surface area contributed by atoms with E-state index in [9.17, 15) is 20.4 Å². The lowest BCUT2D eigenvalue weighted by Crippen LogP contribution is -2.40. The first-order valence-electron chi connectivity index (χ1n) is 11.5. The molecular formula is C27H32O7. The Morgan fingerprint density at radius 3 is 2.59 bits per heavy atom. The number of hydrogen-bond donors (Lipinski definition) is 4. The summed E-state index contributed by atoms with van der Waals surface area (Å²) in [6.45, 7) is 6.57. The fourth-order valence-electron chi connectivity index (χ4n) is 4.47. The molecule has 2 unspecified atom stereocenters. The molecule has 2 saturated heterocycles. The van der Waals surface area contributed by atoms with Gasteiger partial charge in [-0.15, -0.1) is 5.73 Å². The zero-order chi connectivity index (χ0) is 24.2. The average Bonchev–Trinajstić information content (AvgIpc) is 3.46. The fraction of sp³-hybridized carbons (Fsp3) is 0.444. The Hall–Kier alpha value is -2.48. The Kier molecular flexibility index (Phi) is 7.86. The second kappa shape index (κ2) is 10.8. The van der Waals surface area contributed by atoms with E-state index in [2.05, 4.69) is 12.3 Å². The SMILES string of the molecule is C=C=C(c1ccc(C)c(Cc2ccc(O[C@H]3CCOC3)cc2)c1)C1O[C@H]([C@H](O)CO)[C@H](O)C1O. The molecule has 34 heavy (non-hydrogen) atoms. The summed E-state index contributed by atoms with van der Waals surface area (Å²) in [5.41, 5.74) is 7.40. The molecule has 0 aliphatic carbocycles. The van der Waals surface area contributed by atoms with Gasteiger partial charge in [0.1, 0.15) is 42.4 Å². The van der Waals surface area contributed by atoms with Gasteiger partial charge in [0.25, 0.3) is 0 Å². The highest BCUT2D eigenvalue weighted by molar-refractivity contribution is 5.70. The average molecular weight is 469 g/mol. The van der Waals surface area contributed by atoms with Crippen molar-refractivity contribution in [2.45, 2.75) is 56.4 Å². The van der Waals surface area contributed by atoms with Crippen molar-refractivity contribution in [2.24, 2.45) is 0 Å². The summed E-state index contributed by atoms with van der Waals surface area (Å²) in [5.74, 6) is 0.826. The number of ether oxygens (including phenoxy) is 3. The Morgan fingerprint density at radius 1 is 1.18 bits per heavy atom. The normalized spacial score (nSPS) is 27.4. The number of aliphatic hydroxyl groups excluding tert-OH is 4. The Bertz CT molecular complexity index is 1020. The van der Waals surface area contributed by atoms with Gasteiger partial charge in [-0.25, -0.2) is 0 Å². The van der Waals surface area contributed by atoms with Crippen LogP contribution >= 0.6 is 0 Å². The molecular weight excluding hydrogens is 436 g/mol. The summed E-state index contributed by atoms with van der Waals surface area (Å²) in [4.78, 5) is 0. The van der Waals surface area contributed by atoms with Gasteiger partial charge in [-0.1, -0.05) is 36.9 Å². The van der Waals surface area contributed by atoms with Crippen molar-refractivity contribution in [1.29, 1.82) is 0 Å². The molecule has 4 rings (SSSR count). The maximum absolute atomic E-state index is 10.5. The summed E-state index contributed by atoms with van der Waals surface area (Å²) in [5, 5.41) is 40.0. The molecule has 2 aliphatic heterocycles. The molecule has 2 aliphatic rings. The fourth-order valence-corrected chi connectivity index (χ4v) is 4.47. The van der Waals surface area contributed by atoms with Gasteiger partial charge >= 0.3 is 0 Å². The monoisotopic (exact) mass is 468 g/mol. The first-order valence-corrected chi connectivity index (χ1v) is 11.5. The largest absolute Gasteiger partial charge is 0.488 e. The van der Waals surface area contributed by atoms with E-state index in [1.807, 2.05) is 49.4 Å². The van der Waals surface area contributed by atoms with Crippen LogP contribution in [0.15, 0.2) is 54.8 Å². The number of aliphatic hydroxyl groups is 4. The number of hydrogen-bond acceptors (Lipinski definition) is 7. The topological polar surface area (TPSA) is 109 Å². The van der Waals surface area contributed by atoms with Crippen molar-refractivity contribution >= 4 is 5.57 Å². The highest BCUT2D eigenvalue weighted by atomic mass is 16.6. The molecule has 2 fully saturated rings. The van der Waals surface area contributed by atoms with E-state index in [0.717, 1.165) is 41.0 Å². The molecule has 2 aromatic carbocycles. The maximum Gasteiger partial charge on any atom is 0.124 e. The summed E-state index contributed by atoms with van der Waals surface area (Å²) in [7, 11) is 0. The van der Waals surface area contributed by atoms with Crippen molar-refractivity contribution in [3.63, 3.8) is 0 Å². The standard InChI is InChI=1S/C27H32O7/c1-3-22(26-24(30)25(31)27(34-26)23(29)14-28)18-7-4-16(2)19(13-18)12-17-5-8-20(9-6-17)33-21-10-11-32-15-21/h4-9,13,21,23-31H,1,10-12,14-15H2,2H3/t21-,23+,24?,25+,26?,27+/m0/s1. The van der Waals surface area contributed by atoms with Crippen LogP contribution in [0, 0.1) is 6.92 Å². The van der Waals surface area contributed by atoms with E-state index >= 15 is 0 Å². The van der Waals surface area contributed by atoms with Gasteiger partial charge in [0, 0.05) is 12.0 Å². The first-order chi connectivity index (χ1) is 16.4. The third kappa shape index (κ3) is 5.27. The lowest BCUT2D eigenvalue weighted by atomic mass is 9.91. The molecule has 0 aromatic heterocycles. The van der Waals surface area contributed by atoms with Crippen molar-refractivity contribution in [2.75, 3.05) is 19.8 Å². The molecule has 0 spiro atoms. The van der Waals surface area contributed by atoms with Crippen LogP contribution < -0.4 is 4.74 Å². The second-order valence-corrected chi connectivity index (χ2v) is 8.91. The molecule has 7 nitrogen and oxygen atoms in total. The zero-order valence-electron chi connectivity index (χ0n) is 19.3.